The van der Waals surface area contributed by atoms with Crippen LogP contribution < -0.4 is 10.6 Å². The highest BCUT2D eigenvalue weighted by Gasteiger charge is 2.14. The molecule has 3 aromatic rings. The second-order valence-electron chi connectivity index (χ2n) is 5.55. The Hall–Kier alpha value is -3.00. The molecule has 3 rings (SSSR count). The molecule has 2 aromatic heterocycles. The maximum Gasteiger partial charge on any atom is 0.286 e. The molecular formula is C18H18N4O3S. The Morgan fingerprint density at radius 2 is 2.04 bits per heavy atom. The summed E-state index contributed by atoms with van der Waals surface area (Å²) in [7, 11) is 0. The zero-order chi connectivity index (χ0) is 18.4. The van der Waals surface area contributed by atoms with Crippen molar-refractivity contribution in [3.8, 4) is 0 Å². The van der Waals surface area contributed by atoms with Crippen LogP contribution in [0.4, 0.5) is 5.69 Å². The maximum absolute atomic E-state index is 12.3. The molecule has 2 amide bonds. The highest BCUT2D eigenvalue weighted by Crippen LogP contribution is 2.16. The first kappa shape index (κ1) is 17.8. The molecular weight excluding hydrogens is 352 g/mol. The van der Waals surface area contributed by atoms with Crippen molar-refractivity contribution in [1.29, 1.82) is 0 Å². The van der Waals surface area contributed by atoms with Crippen molar-refractivity contribution < 1.29 is 14.0 Å². The molecule has 2 N–H and O–H groups in total. The molecule has 134 valence electrons. The minimum Gasteiger partial charge on any atom is -0.467 e. The van der Waals surface area contributed by atoms with Gasteiger partial charge in [0.25, 0.3) is 11.8 Å². The number of carbonyl (C=O) groups is 2. The molecule has 7 nitrogen and oxygen atoms in total. The average molecular weight is 370 g/mol. The molecule has 1 aromatic carbocycles. The van der Waals surface area contributed by atoms with E-state index in [1.54, 1.807) is 42.7 Å². The molecule has 0 bridgehead atoms. The summed E-state index contributed by atoms with van der Waals surface area (Å²) in [4.78, 5) is 24.5. The second-order valence-corrected chi connectivity index (χ2v) is 6.61. The number of carbonyl (C=O) groups excluding carboxylic acids is 2. The predicted molar refractivity (Wildman–Crippen MR) is 98.2 cm³/mol. The fraction of sp³-hybridized carbons (Fsp3) is 0.222. The molecule has 0 unspecified atom stereocenters. The Balaban J connectivity index is 1.62. The monoisotopic (exact) mass is 370 g/mol. The van der Waals surface area contributed by atoms with E-state index in [0.29, 0.717) is 28.6 Å². The fourth-order valence-electron chi connectivity index (χ4n) is 2.27. The van der Waals surface area contributed by atoms with Gasteiger partial charge in [0.1, 0.15) is 10.8 Å². The highest BCUT2D eigenvalue weighted by atomic mass is 32.1. The summed E-state index contributed by atoms with van der Waals surface area (Å²) in [6.45, 7) is 2.34. The van der Waals surface area contributed by atoms with E-state index in [4.69, 9.17) is 4.42 Å². The van der Waals surface area contributed by atoms with Gasteiger partial charge in [-0.05, 0) is 36.8 Å². The molecule has 26 heavy (non-hydrogen) atoms. The predicted octanol–water partition coefficient (Wildman–Crippen LogP) is 3.27. The smallest absolute Gasteiger partial charge is 0.286 e. The van der Waals surface area contributed by atoms with E-state index >= 15 is 0 Å². The lowest BCUT2D eigenvalue weighted by Crippen LogP contribution is -2.22. The molecule has 8 heteroatoms. The Morgan fingerprint density at radius 3 is 2.81 bits per heavy atom. The second kappa shape index (κ2) is 8.39. The fourth-order valence-corrected chi connectivity index (χ4v) is 3.10. The lowest BCUT2D eigenvalue weighted by molar-refractivity contribution is 0.0946. The quantitative estimate of drug-likeness (QED) is 0.665. The Labute approximate surface area is 154 Å². The summed E-state index contributed by atoms with van der Waals surface area (Å²) >= 11 is 1.28. The molecule has 0 saturated carbocycles. The average Bonchev–Trinajstić information content (AvgIpc) is 3.32. The van der Waals surface area contributed by atoms with Gasteiger partial charge in [-0.1, -0.05) is 24.3 Å². The normalized spacial score (nSPS) is 10.5. The van der Waals surface area contributed by atoms with Gasteiger partial charge in [0.05, 0.1) is 12.8 Å². The van der Waals surface area contributed by atoms with E-state index in [0.717, 1.165) is 17.8 Å². The van der Waals surface area contributed by atoms with Crippen LogP contribution in [0.2, 0.25) is 0 Å². The number of nitrogens with zero attached hydrogens (tertiary/aromatic N) is 2. The van der Waals surface area contributed by atoms with Crippen LogP contribution >= 0.6 is 11.3 Å². The standard InChI is InChI=1S/C18H18N4O3S/c1-2-5-15-21-22-18(26-15)17(24)20-13-7-3-6-12(10-13)16(23)19-11-14-8-4-9-25-14/h3-4,6-10H,2,5,11H2,1H3,(H,19,23)(H,20,24). The third kappa shape index (κ3) is 4.54. The van der Waals surface area contributed by atoms with Crippen LogP contribution in [0.5, 0.6) is 0 Å². The largest absolute Gasteiger partial charge is 0.467 e. The van der Waals surface area contributed by atoms with E-state index in [2.05, 4.69) is 20.8 Å². The maximum atomic E-state index is 12.3. The van der Waals surface area contributed by atoms with E-state index in [1.165, 1.54) is 11.3 Å². The molecule has 2 heterocycles. The minimum absolute atomic E-state index is 0.251. The Morgan fingerprint density at radius 1 is 1.15 bits per heavy atom. The van der Waals surface area contributed by atoms with Gasteiger partial charge in [0, 0.05) is 17.7 Å². The van der Waals surface area contributed by atoms with Gasteiger partial charge in [-0.2, -0.15) is 0 Å². The molecule has 0 fully saturated rings. The lowest BCUT2D eigenvalue weighted by atomic mass is 10.2. The van der Waals surface area contributed by atoms with Gasteiger partial charge in [0.15, 0.2) is 0 Å². The summed E-state index contributed by atoms with van der Waals surface area (Å²) in [5, 5.41) is 14.6. The van der Waals surface area contributed by atoms with Crippen molar-refractivity contribution in [3.63, 3.8) is 0 Å². The number of anilines is 1. The Bertz CT molecular complexity index is 889. The van der Waals surface area contributed by atoms with Crippen molar-refractivity contribution in [3.05, 3.63) is 64.0 Å². The number of nitrogens with one attached hydrogen (secondary N) is 2. The summed E-state index contributed by atoms with van der Waals surface area (Å²) in [5.41, 5.74) is 0.964. The third-order valence-electron chi connectivity index (χ3n) is 3.51. The van der Waals surface area contributed by atoms with Crippen LogP contribution in [0.1, 0.15) is 44.3 Å². The van der Waals surface area contributed by atoms with E-state index in [1.807, 2.05) is 6.92 Å². The molecule has 0 aliphatic rings. The summed E-state index contributed by atoms with van der Waals surface area (Å²) in [5.74, 6) is 0.0820. The van der Waals surface area contributed by atoms with Crippen molar-refractivity contribution in [2.45, 2.75) is 26.3 Å². The van der Waals surface area contributed by atoms with Crippen LogP contribution in [-0.4, -0.2) is 22.0 Å². The van der Waals surface area contributed by atoms with Gasteiger partial charge in [-0.3, -0.25) is 9.59 Å². The van der Waals surface area contributed by atoms with Gasteiger partial charge >= 0.3 is 0 Å². The molecule has 0 atom stereocenters. The summed E-state index contributed by atoms with van der Waals surface area (Å²) < 4.78 is 5.18. The van der Waals surface area contributed by atoms with Gasteiger partial charge in [-0.25, -0.2) is 0 Å². The number of amides is 2. The van der Waals surface area contributed by atoms with Gasteiger partial charge in [-0.15, -0.1) is 10.2 Å². The summed E-state index contributed by atoms with van der Waals surface area (Å²) in [6, 6.07) is 10.3. The van der Waals surface area contributed by atoms with E-state index < -0.39 is 0 Å². The van der Waals surface area contributed by atoms with Crippen LogP contribution in [0.25, 0.3) is 0 Å². The van der Waals surface area contributed by atoms with Crippen molar-refractivity contribution in [2.75, 3.05) is 5.32 Å². The molecule has 0 saturated heterocycles. The summed E-state index contributed by atoms with van der Waals surface area (Å²) in [6.07, 6.45) is 3.30. The first-order valence-corrected chi connectivity index (χ1v) is 9.01. The number of hydrogen-bond donors (Lipinski definition) is 2. The molecule has 0 aliphatic heterocycles. The first-order chi connectivity index (χ1) is 12.7. The first-order valence-electron chi connectivity index (χ1n) is 8.20. The third-order valence-corrected chi connectivity index (χ3v) is 4.49. The van der Waals surface area contributed by atoms with Crippen molar-refractivity contribution >= 4 is 28.8 Å². The number of aromatic nitrogens is 2. The van der Waals surface area contributed by atoms with Gasteiger partial charge < -0.3 is 15.1 Å². The van der Waals surface area contributed by atoms with Crippen LogP contribution in [-0.2, 0) is 13.0 Å². The SMILES string of the molecule is CCCc1nnc(C(=O)Nc2cccc(C(=O)NCc3ccco3)c2)s1. The molecule has 0 aliphatic carbocycles. The van der Waals surface area contributed by atoms with E-state index in [-0.39, 0.29) is 11.8 Å². The van der Waals surface area contributed by atoms with Gasteiger partial charge in [0.2, 0.25) is 5.01 Å². The number of benzene rings is 1. The molecule has 0 spiro atoms. The zero-order valence-corrected chi connectivity index (χ0v) is 15.0. The Kier molecular flexibility index (Phi) is 5.75. The minimum atomic E-state index is -0.335. The highest BCUT2D eigenvalue weighted by molar-refractivity contribution is 7.13. The zero-order valence-electron chi connectivity index (χ0n) is 14.2. The lowest BCUT2D eigenvalue weighted by Gasteiger charge is -2.07. The van der Waals surface area contributed by atoms with Crippen molar-refractivity contribution in [2.24, 2.45) is 0 Å². The van der Waals surface area contributed by atoms with Crippen LogP contribution in [0, 0.1) is 0 Å². The van der Waals surface area contributed by atoms with E-state index in [9.17, 15) is 9.59 Å². The van der Waals surface area contributed by atoms with Crippen molar-refractivity contribution in [1.82, 2.24) is 15.5 Å². The molecule has 0 radical (unpaired) electrons. The number of furan rings is 1. The number of rotatable bonds is 7. The topological polar surface area (TPSA) is 97.1 Å². The number of hydrogen-bond acceptors (Lipinski definition) is 6. The number of aryl methyl sites for hydroxylation is 1. The van der Waals surface area contributed by atoms with Crippen LogP contribution in [0.3, 0.4) is 0 Å². The van der Waals surface area contributed by atoms with Crippen LogP contribution in [0.15, 0.2) is 47.1 Å².